The van der Waals surface area contributed by atoms with Crippen LogP contribution in [-0.4, -0.2) is 44.0 Å². The maximum atomic E-state index is 14.3. The molecular weight excluding hydrogens is 498 g/mol. The molecule has 0 saturated carbocycles. The Morgan fingerprint density at radius 1 is 1.39 bits per heavy atom. The van der Waals surface area contributed by atoms with E-state index in [1.807, 2.05) is 0 Å². The topological polar surface area (TPSA) is 92.7 Å². The number of aliphatic imine (C=N–C) groups is 1. The monoisotopic (exact) mass is 520 g/mol. The van der Waals surface area contributed by atoms with Crippen molar-refractivity contribution < 1.29 is 17.5 Å². The number of benzene rings is 1. The third kappa shape index (κ3) is 6.30. The molecule has 1 aliphatic heterocycles. The predicted molar refractivity (Wildman–Crippen MR) is 117 cm³/mol. The fraction of sp³-hybridized carbons (Fsp3) is 0.333. The molecule has 0 aliphatic carbocycles. The Balaban J connectivity index is 0.00000280. The Bertz CT molecular complexity index is 926. The first-order valence-corrected chi connectivity index (χ1v) is 10.3. The van der Waals surface area contributed by atoms with Crippen LogP contribution in [0.2, 0.25) is 0 Å². The highest BCUT2D eigenvalue weighted by atomic mass is 127. The molecule has 10 heteroatoms. The first kappa shape index (κ1) is 22.3. The van der Waals surface area contributed by atoms with Gasteiger partial charge < -0.3 is 15.4 Å². The fourth-order valence-corrected chi connectivity index (χ4v) is 4.43. The lowest BCUT2D eigenvalue weighted by Gasteiger charge is -2.16. The summed E-state index contributed by atoms with van der Waals surface area (Å²) in [5, 5.41) is 6.15. The Morgan fingerprint density at radius 2 is 2.21 bits per heavy atom. The number of nitrogens with one attached hydrogen (secondary N) is 2. The summed E-state index contributed by atoms with van der Waals surface area (Å²) in [5.41, 5.74) is 0.702. The molecule has 0 bridgehead atoms. The van der Waals surface area contributed by atoms with Gasteiger partial charge in [-0.2, -0.15) is 0 Å². The molecule has 152 valence electrons. The summed E-state index contributed by atoms with van der Waals surface area (Å²) < 4.78 is 42.8. The van der Waals surface area contributed by atoms with Crippen LogP contribution in [0.25, 0.3) is 0 Å². The van der Waals surface area contributed by atoms with Gasteiger partial charge in [0.15, 0.2) is 27.4 Å². The quantitative estimate of drug-likeness (QED) is 0.358. The first-order valence-electron chi connectivity index (χ1n) is 8.49. The summed E-state index contributed by atoms with van der Waals surface area (Å²) in [4.78, 5) is 8.01. The number of ether oxygens (including phenoxy) is 1. The van der Waals surface area contributed by atoms with E-state index in [0.29, 0.717) is 30.2 Å². The second kappa shape index (κ2) is 10.0. The first-order chi connectivity index (χ1) is 12.9. The van der Waals surface area contributed by atoms with E-state index in [-0.39, 0.29) is 47.3 Å². The Kier molecular flexibility index (Phi) is 7.98. The zero-order chi connectivity index (χ0) is 19.3. The van der Waals surface area contributed by atoms with Crippen LogP contribution in [0.3, 0.4) is 0 Å². The van der Waals surface area contributed by atoms with Gasteiger partial charge in [-0.15, -0.1) is 24.0 Å². The lowest BCUT2D eigenvalue weighted by atomic mass is 10.2. The van der Waals surface area contributed by atoms with Crippen molar-refractivity contribution >= 4 is 39.8 Å². The van der Waals surface area contributed by atoms with Gasteiger partial charge in [-0.05, 0) is 36.2 Å². The molecule has 2 aromatic rings. The molecule has 2 N–H and O–H groups in total. The number of sulfone groups is 1. The summed E-state index contributed by atoms with van der Waals surface area (Å²) in [6.45, 7) is 0.337. The third-order valence-electron chi connectivity index (χ3n) is 4.12. The van der Waals surface area contributed by atoms with E-state index >= 15 is 0 Å². The van der Waals surface area contributed by atoms with Gasteiger partial charge in [-0.3, -0.25) is 9.98 Å². The van der Waals surface area contributed by atoms with Crippen LogP contribution in [0.15, 0.2) is 47.7 Å². The molecule has 1 aromatic heterocycles. The molecule has 1 fully saturated rings. The van der Waals surface area contributed by atoms with Gasteiger partial charge in [0.2, 0.25) is 0 Å². The van der Waals surface area contributed by atoms with Crippen LogP contribution in [0.1, 0.15) is 12.0 Å². The van der Waals surface area contributed by atoms with Crippen molar-refractivity contribution in [3.05, 3.63) is 54.1 Å². The van der Waals surface area contributed by atoms with Gasteiger partial charge in [0.1, 0.15) is 5.75 Å². The Labute approximate surface area is 180 Å². The summed E-state index contributed by atoms with van der Waals surface area (Å²) in [6, 6.07) is 7.92. The molecule has 0 radical (unpaired) electrons. The molecule has 2 heterocycles. The molecule has 0 amide bonds. The zero-order valence-electron chi connectivity index (χ0n) is 15.3. The van der Waals surface area contributed by atoms with Crippen molar-refractivity contribution in [3.8, 4) is 11.5 Å². The highest BCUT2D eigenvalue weighted by Crippen LogP contribution is 2.24. The van der Waals surface area contributed by atoms with Crippen molar-refractivity contribution in [3.63, 3.8) is 0 Å². The van der Waals surface area contributed by atoms with Crippen LogP contribution in [0.4, 0.5) is 4.39 Å². The van der Waals surface area contributed by atoms with Crippen molar-refractivity contribution in [1.82, 2.24) is 15.6 Å². The van der Waals surface area contributed by atoms with E-state index in [0.717, 1.165) is 0 Å². The average Bonchev–Trinajstić information content (AvgIpc) is 3.00. The smallest absolute Gasteiger partial charge is 0.191 e. The molecule has 1 atom stereocenters. The molecule has 1 saturated heterocycles. The van der Waals surface area contributed by atoms with E-state index in [9.17, 15) is 12.8 Å². The van der Waals surface area contributed by atoms with Crippen LogP contribution in [0, 0.1) is 5.82 Å². The lowest BCUT2D eigenvalue weighted by molar-refractivity contribution is 0.440. The summed E-state index contributed by atoms with van der Waals surface area (Å²) >= 11 is 0. The third-order valence-corrected chi connectivity index (χ3v) is 5.88. The van der Waals surface area contributed by atoms with E-state index in [4.69, 9.17) is 4.74 Å². The van der Waals surface area contributed by atoms with E-state index in [2.05, 4.69) is 20.6 Å². The Morgan fingerprint density at radius 3 is 2.82 bits per heavy atom. The molecule has 1 aliphatic rings. The van der Waals surface area contributed by atoms with E-state index < -0.39 is 15.7 Å². The number of hydrogen-bond donors (Lipinski definition) is 2. The average molecular weight is 520 g/mol. The molecule has 3 rings (SSSR count). The molecule has 0 spiro atoms. The standard InChI is InChI=1S/C18H21FN4O3S.HI/c1-20-18(23-14-6-8-27(24,25)12-14)22-10-13-4-5-17(16(19)9-13)26-15-3-2-7-21-11-15;/h2-5,7,9,11,14H,6,8,10,12H2,1H3,(H2,20,22,23);1H. The lowest BCUT2D eigenvalue weighted by Crippen LogP contribution is -2.43. The highest BCUT2D eigenvalue weighted by molar-refractivity contribution is 14.0. The predicted octanol–water partition coefficient (Wildman–Crippen LogP) is 2.48. The fourth-order valence-electron chi connectivity index (χ4n) is 2.75. The number of hydrogen-bond acceptors (Lipinski definition) is 5. The number of aromatic nitrogens is 1. The van der Waals surface area contributed by atoms with Gasteiger partial charge in [0.05, 0.1) is 17.7 Å². The van der Waals surface area contributed by atoms with Gasteiger partial charge in [0.25, 0.3) is 0 Å². The van der Waals surface area contributed by atoms with Gasteiger partial charge >= 0.3 is 0 Å². The molecule has 1 aromatic carbocycles. The van der Waals surface area contributed by atoms with Gasteiger partial charge in [-0.1, -0.05) is 6.07 Å². The minimum Gasteiger partial charge on any atom is -0.453 e. The number of guanidine groups is 1. The van der Waals surface area contributed by atoms with E-state index in [1.54, 1.807) is 37.5 Å². The number of pyridine rings is 1. The summed E-state index contributed by atoms with van der Waals surface area (Å²) in [6.07, 6.45) is 3.67. The minimum atomic E-state index is -2.97. The van der Waals surface area contributed by atoms with Crippen molar-refractivity contribution in [2.24, 2.45) is 4.99 Å². The van der Waals surface area contributed by atoms with Crippen LogP contribution < -0.4 is 15.4 Å². The normalized spacial score (nSPS) is 18.2. The maximum absolute atomic E-state index is 14.3. The second-order valence-electron chi connectivity index (χ2n) is 6.23. The van der Waals surface area contributed by atoms with Crippen LogP contribution in [-0.2, 0) is 16.4 Å². The maximum Gasteiger partial charge on any atom is 0.191 e. The van der Waals surface area contributed by atoms with Gasteiger partial charge in [0, 0.05) is 25.8 Å². The molecule has 28 heavy (non-hydrogen) atoms. The van der Waals surface area contributed by atoms with Gasteiger partial charge in [-0.25, -0.2) is 12.8 Å². The molecule has 1 unspecified atom stereocenters. The molecular formula is C18H22FIN4O3S. The zero-order valence-corrected chi connectivity index (χ0v) is 18.4. The summed E-state index contributed by atoms with van der Waals surface area (Å²) in [7, 11) is -1.36. The second-order valence-corrected chi connectivity index (χ2v) is 8.45. The van der Waals surface area contributed by atoms with Crippen molar-refractivity contribution in [1.29, 1.82) is 0 Å². The SMILES string of the molecule is CN=C(NCc1ccc(Oc2cccnc2)c(F)c1)NC1CCS(=O)(=O)C1.I. The number of nitrogens with zero attached hydrogens (tertiary/aromatic N) is 2. The van der Waals surface area contributed by atoms with E-state index in [1.165, 1.54) is 12.3 Å². The largest absolute Gasteiger partial charge is 0.453 e. The van der Waals surface area contributed by atoms with Crippen molar-refractivity contribution in [2.75, 3.05) is 18.6 Å². The van der Waals surface area contributed by atoms with Crippen molar-refractivity contribution in [2.45, 2.75) is 19.0 Å². The van der Waals surface area contributed by atoms with Crippen LogP contribution >= 0.6 is 24.0 Å². The molecule has 7 nitrogen and oxygen atoms in total. The summed E-state index contributed by atoms with van der Waals surface area (Å²) in [5.74, 6) is 0.855. The van der Waals surface area contributed by atoms with Crippen LogP contribution in [0.5, 0.6) is 11.5 Å². The highest BCUT2D eigenvalue weighted by Gasteiger charge is 2.28. The minimum absolute atomic E-state index is 0. The number of rotatable bonds is 5. The Hall–Kier alpha value is -1.95. The number of halogens is 2.